The Morgan fingerprint density at radius 1 is 1.33 bits per heavy atom. The van der Waals surface area contributed by atoms with Crippen molar-refractivity contribution in [3.8, 4) is 11.6 Å². The van der Waals surface area contributed by atoms with Crippen LogP contribution in [0.3, 0.4) is 0 Å². The molecule has 21 heavy (non-hydrogen) atoms. The van der Waals surface area contributed by atoms with Crippen LogP contribution in [0.25, 0.3) is 11.6 Å². The second-order valence-corrected chi connectivity index (χ2v) is 4.37. The molecular formula is C15H17N3O3. The van der Waals surface area contributed by atoms with Gasteiger partial charge in [0.15, 0.2) is 5.76 Å². The van der Waals surface area contributed by atoms with Crippen LogP contribution in [0, 0.1) is 0 Å². The number of hydrogen-bond acceptors (Lipinski definition) is 5. The summed E-state index contributed by atoms with van der Waals surface area (Å²) in [5, 5.41) is 3.82. The highest BCUT2D eigenvalue weighted by molar-refractivity contribution is 5.76. The molecule has 0 radical (unpaired) electrons. The second kappa shape index (κ2) is 7.23. The van der Waals surface area contributed by atoms with Crippen molar-refractivity contribution in [3.63, 3.8) is 0 Å². The van der Waals surface area contributed by atoms with E-state index in [4.69, 9.17) is 8.94 Å². The molecule has 0 aliphatic rings. The van der Waals surface area contributed by atoms with E-state index >= 15 is 0 Å². The third-order valence-corrected chi connectivity index (χ3v) is 2.81. The first kappa shape index (κ1) is 14.8. The van der Waals surface area contributed by atoms with Gasteiger partial charge in [-0.2, -0.15) is 4.98 Å². The third-order valence-electron chi connectivity index (χ3n) is 2.81. The smallest absolute Gasteiger partial charge is 0.238 e. The molecule has 2 rings (SSSR count). The normalized spacial score (nSPS) is 10.3. The highest BCUT2D eigenvalue weighted by atomic mass is 16.5. The molecule has 2 aromatic heterocycles. The quantitative estimate of drug-likeness (QED) is 0.697. The van der Waals surface area contributed by atoms with Crippen LogP contribution in [-0.4, -0.2) is 34.0 Å². The molecule has 2 heterocycles. The standard InChI is InChI=1S/C15H17N3O3/c1-3-9-18(10-4-2)14(19)8-7-13-16-15(17-21-13)12-6-5-11-20-12/h3-6,11H,1-2,7-10H2. The van der Waals surface area contributed by atoms with Gasteiger partial charge in [-0.05, 0) is 12.1 Å². The lowest BCUT2D eigenvalue weighted by Gasteiger charge is -2.18. The molecule has 0 N–H and O–H groups in total. The highest BCUT2D eigenvalue weighted by Gasteiger charge is 2.15. The van der Waals surface area contributed by atoms with E-state index in [2.05, 4.69) is 23.3 Å². The van der Waals surface area contributed by atoms with Crippen LogP contribution in [0.4, 0.5) is 0 Å². The topological polar surface area (TPSA) is 72.4 Å². The molecule has 0 spiro atoms. The van der Waals surface area contributed by atoms with Crippen molar-refractivity contribution in [1.82, 2.24) is 15.0 Å². The zero-order valence-electron chi connectivity index (χ0n) is 11.7. The Kier molecular flexibility index (Phi) is 5.09. The molecule has 0 unspecified atom stereocenters. The van der Waals surface area contributed by atoms with Gasteiger partial charge in [-0.25, -0.2) is 0 Å². The lowest BCUT2D eigenvalue weighted by molar-refractivity contribution is -0.130. The summed E-state index contributed by atoms with van der Waals surface area (Å²) in [5.41, 5.74) is 0. The van der Waals surface area contributed by atoms with Gasteiger partial charge in [-0.3, -0.25) is 4.79 Å². The molecule has 2 aromatic rings. The minimum absolute atomic E-state index is 0.00690. The summed E-state index contributed by atoms with van der Waals surface area (Å²) in [5.74, 6) is 1.33. The molecule has 0 saturated carbocycles. The van der Waals surface area contributed by atoms with E-state index in [0.717, 1.165) is 0 Å². The SMILES string of the molecule is C=CCN(CC=C)C(=O)CCc1nc(-c2ccco2)no1. The Morgan fingerprint density at radius 3 is 2.71 bits per heavy atom. The maximum atomic E-state index is 12.1. The van der Waals surface area contributed by atoms with Crippen LogP contribution in [0.5, 0.6) is 0 Å². The van der Waals surface area contributed by atoms with Crippen molar-refractivity contribution in [3.05, 3.63) is 49.6 Å². The summed E-state index contributed by atoms with van der Waals surface area (Å²) in [6.07, 6.45) is 5.59. The van der Waals surface area contributed by atoms with Gasteiger partial charge in [0, 0.05) is 25.9 Å². The first-order chi connectivity index (χ1) is 10.2. The Labute approximate surface area is 122 Å². The highest BCUT2D eigenvalue weighted by Crippen LogP contribution is 2.16. The predicted molar refractivity (Wildman–Crippen MR) is 77.3 cm³/mol. The van der Waals surface area contributed by atoms with Gasteiger partial charge in [0.2, 0.25) is 17.6 Å². The maximum absolute atomic E-state index is 12.1. The second-order valence-electron chi connectivity index (χ2n) is 4.37. The monoisotopic (exact) mass is 287 g/mol. The maximum Gasteiger partial charge on any atom is 0.238 e. The fourth-order valence-electron chi connectivity index (χ4n) is 1.82. The molecule has 6 nitrogen and oxygen atoms in total. The van der Waals surface area contributed by atoms with Crippen LogP contribution in [0.1, 0.15) is 12.3 Å². The molecular weight excluding hydrogens is 270 g/mol. The molecule has 0 atom stereocenters. The summed E-state index contributed by atoms with van der Waals surface area (Å²) < 4.78 is 10.3. The average molecular weight is 287 g/mol. The zero-order chi connectivity index (χ0) is 15.1. The number of nitrogens with zero attached hydrogens (tertiary/aromatic N) is 3. The van der Waals surface area contributed by atoms with Gasteiger partial charge >= 0.3 is 0 Å². The Morgan fingerprint density at radius 2 is 2.10 bits per heavy atom. The van der Waals surface area contributed by atoms with Crippen LogP contribution in [-0.2, 0) is 11.2 Å². The first-order valence-corrected chi connectivity index (χ1v) is 6.60. The molecule has 0 aliphatic heterocycles. The number of carbonyl (C=O) groups excluding carboxylic acids is 1. The Hall–Kier alpha value is -2.63. The number of rotatable bonds is 8. The number of hydrogen-bond donors (Lipinski definition) is 0. The molecule has 0 saturated heterocycles. The van der Waals surface area contributed by atoms with E-state index in [9.17, 15) is 4.79 Å². The first-order valence-electron chi connectivity index (χ1n) is 6.60. The van der Waals surface area contributed by atoms with E-state index in [1.165, 1.54) is 6.26 Å². The van der Waals surface area contributed by atoms with Gasteiger partial charge in [0.1, 0.15) is 0 Å². The third kappa shape index (κ3) is 3.92. The van der Waals surface area contributed by atoms with Crippen LogP contribution >= 0.6 is 0 Å². The van der Waals surface area contributed by atoms with Crippen molar-refractivity contribution < 1.29 is 13.7 Å². The van der Waals surface area contributed by atoms with Gasteiger partial charge < -0.3 is 13.8 Å². The minimum atomic E-state index is -0.00690. The largest absolute Gasteiger partial charge is 0.461 e. The fourth-order valence-corrected chi connectivity index (χ4v) is 1.82. The molecule has 0 aromatic carbocycles. The van der Waals surface area contributed by atoms with Gasteiger partial charge in [0.05, 0.1) is 6.26 Å². The summed E-state index contributed by atoms with van der Waals surface area (Å²) in [6, 6.07) is 3.49. The van der Waals surface area contributed by atoms with E-state index in [0.29, 0.717) is 43.4 Å². The summed E-state index contributed by atoms with van der Waals surface area (Å²) in [7, 11) is 0. The number of carbonyl (C=O) groups is 1. The molecule has 1 amide bonds. The molecule has 110 valence electrons. The van der Waals surface area contributed by atoms with Crippen LogP contribution in [0.15, 0.2) is 52.6 Å². The van der Waals surface area contributed by atoms with Gasteiger partial charge in [-0.1, -0.05) is 17.3 Å². The predicted octanol–water partition coefficient (Wildman–Crippen LogP) is 2.46. The molecule has 0 aliphatic carbocycles. The summed E-state index contributed by atoms with van der Waals surface area (Å²) in [4.78, 5) is 17.9. The number of amides is 1. The summed E-state index contributed by atoms with van der Waals surface area (Å²) >= 11 is 0. The molecule has 0 bridgehead atoms. The Bertz CT molecular complexity index is 591. The average Bonchev–Trinajstić information content (AvgIpc) is 3.15. The number of aromatic nitrogens is 2. The lowest BCUT2D eigenvalue weighted by Crippen LogP contribution is -2.31. The molecule has 0 fully saturated rings. The van der Waals surface area contributed by atoms with Crippen molar-refractivity contribution in [2.24, 2.45) is 0 Å². The van der Waals surface area contributed by atoms with E-state index < -0.39 is 0 Å². The van der Waals surface area contributed by atoms with E-state index in [-0.39, 0.29) is 5.91 Å². The van der Waals surface area contributed by atoms with Crippen molar-refractivity contribution in [2.45, 2.75) is 12.8 Å². The van der Waals surface area contributed by atoms with Gasteiger partial charge in [-0.15, -0.1) is 13.2 Å². The van der Waals surface area contributed by atoms with Crippen LogP contribution in [0.2, 0.25) is 0 Å². The van der Waals surface area contributed by atoms with E-state index in [1.54, 1.807) is 29.2 Å². The van der Waals surface area contributed by atoms with Crippen LogP contribution < -0.4 is 0 Å². The van der Waals surface area contributed by atoms with Gasteiger partial charge in [0.25, 0.3) is 0 Å². The fraction of sp³-hybridized carbons (Fsp3) is 0.267. The molecule has 6 heteroatoms. The zero-order valence-corrected chi connectivity index (χ0v) is 11.7. The van der Waals surface area contributed by atoms with Crippen molar-refractivity contribution in [1.29, 1.82) is 0 Å². The van der Waals surface area contributed by atoms with E-state index in [1.807, 2.05) is 0 Å². The lowest BCUT2D eigenvalue weighted by atomic mass is 10.2. The van der Waals surface area contributed by atoms with Crippen molar-refractivity contribution in [2.75, 3.05) is 13.1 Å². The number of aryl methyl sites for hydroxylation is 1. The minimum Gasteiger partial charge on any atom is -0.461 e. The summed E-state index contributed by atoms with van der Waals surface area (Å²) in [6.45, 7) is 8.26. The van der Waals surface area contributed by atoms with Crippen molar-refractivity contribution >= 4 is 5.91 Å². The number of furan rings is 1. The Balaban J connectivity index is 1.91.